The SMILES string of the molecule is CC(C)Oc1ccc(CNCCCN(C)C)cc1Cl. The minimum Gasteiger partial charge on any atom is -0.489 e. The highest BCUT2D eigenvalue weighted by atomic mass is 35.5. The molecule has 0 aromatic heterocycles. The van der Waals surface area contributed by atoms with Gasteiger partial charge in [-0.3, -0.25) is 0 Å². The van der Waals surface area contributed by atoms with Gasteiger partial charge in [-0.1, -0.05) is 17.7 Å². The molecule has 0 saturated heterocycles. The maximum atomic E-state index is 6.20. The smallest absolute Gasteiger partial charge is 0.138 e. The zero-order valence-corrected chi connectivity index (χ0v) is 13.1. The first kappa shape index (κ1) is 16.3. The molecule has 0 fully saturated rings. The highest BCUT2D eigenvalue weighted by molar-refractivity contribution is 6.32. The molecule has 0 aliphatic heterocycles. The van der Waals surface area contributed by atoms with Gasteiger partial charge in [0.25, 0.3) is 0 Å². The summed E-state index contributed by atoms with van der Waals surface area (Å²) in [5.41, 5.74) is 1.19. The molecule has 108 valence electrons. The number of hydrogen-bond donors (Lipinski definition) is 1. The summed E-state index contributed by atoms with van der Waals surface area (Å²) in [5.74, 6) is 0.757. The standard InChI is InChI=1S/C15H25ClN2O/c1-12(2)19-15-7-6-13(10-14(15)16)11-17-8-5-9-18(3)4/h6-7,10,12,17H,5,8-9,11H2,1-4H3. The van der Waals surface area contributed by atoms with Crippen LogP contribution in [0.25, 0.3) is 0 Å². The first-order valence-corrected chi connectivity index (χ1v) is 7.17. The topological polar surface area (TPSA) is 24.5 Å². The van der Waals surface area contributed by atoms with Crippen molar-refractivity contribution < 1.29 is 4.74 Å². The molecule has 0 saturated carbocycles. The Morgan fingerprint density at radius 2 is 2.05 bits per heavy atom. The Labute approximate surface area is 121 Å². The monoisotopic (exact) mass is 284 g/mol. The second-order valence-corrected chi connectivity index (χ2v) is 5.67. The quantitative estimate of drug-likeness (QED) is 0.742. The normalized spacial score (nSPS) is 11.3. The lowest BCUT2D eigenvalue weighted by Crippen LogP contribution is -2.21. The molecule has 1 N–H and O–H groups in total. The fourth-order valence-corrected chi connectivity index (χ4v) is 2.00. The van der Waals surface area contributed by atoms with Crippen molar-refractivity contribution in [2.24, 2.45) is 0 Å². The largest absolute Gasteiger partial charge is 0.489 e. The minimum atomic E-state index is 0.146. The second-order valence-electron chi connectivity index (χ2n) is 5.26. The van der Waals surface area contributed by atoms with Crippen molar-refractivity contribution in [2.45, 2.75) is 32.9 Å². The number of hydrogen-bond acceptors (Lipinski definition) is 3. The summed E-state index contributed by atoms with van der Waals surface area (Å²) >= 11 is 6.20. The van der Waals surface area contributed by atoms with E-state index in [1.807, 2.05) is 26.0 Å². The average Bonchev–Trinajstić information content (AvgIpc) is 2.31. The molecule has 1 rings (SSSR count). The maximum Gasteiger partial charge on any atom is 0.138 e. The first-order chi connectivity index (χ1) is 8.99. The lowest BCUT2D eigenvalue weighted by molar-refractivity contribution is 0.242. The number of ether oxygens (including phenoxy) is 1. The van der Waals surface area contributed by atoms with Crippen molar-refractivity contribution in [2.75, 3.05) is 27.2 Å². The Morgan fingerprint density at radius 3 is 2.63 bits per heavy atom. The molecule has 4 heteroatoms. The molecule has 3 nitrogen and oxygen atoms in total. The van der Waals surface area contributed by atoms with Gasteiger partial charge in [0.05, 0.1) is 11.1 Å². The van der Waals surface area contributed by atoms with Crippen LogP contribution in [0.15, 0.2) is 18.2 Å². The van der Waals surface area contributed by atoms with E-state index >= 15 is 0 Å². The van der Waals surface area contributed by atoms with Crippen molar-refractivity contribution in [3.05, 3.63) is 28.8 Å². The summed E-state index contributed by atoms with van der Waals surface area (Å²) < 4.78 is 5.61. The van der Waals surface area contributed by atoms with Crippen LogP contribution in [-0.2, 0) is 6.54 Å². The van der Waals surface area contributed by atoms with Crippen LogP contribution in [0.2, 0.25) is 5.02 Å². The number of nitrogens with zero attached hydrogens (tertiary/aromatic N) is 1. The molecule has 0 heterocycles. The lowest BCUT2D eigenvalue weighted by atomic mass is 10.2. The van der Waals surface area contributed by atoms with Crippen molar-refractivity contribution in [3.63, 3.8) is 0 Å². The highest BCUT2D eigenvalue weighted by Crippen LogP contribution is 2.26. The molecule has 0 aliphatic rings. The van der Waals surface area contributed by atoms with Crippen LogP contribution in [0.3, 0.4) is 0 Å². The van der Waals surface area contributed by atoms with Gasteiger partial charge in [-0.2, -0.15) is 0 Å². The highest BCUT2D eigenvalue weighted by Gasteiger charge is 2.04. The number of nitrogens with one attached hydrogen (secondary N) is 1. The molecule has 0 radical (unpaired) electrons. The molecular weight excluding hydrogens is 260 g/mol. The first-order valence-electron chi connectivity index (χ1n) is 6.79. The Hall–Kier alpha value is -0.770. The van der Waals surface area contributed by atoms with Crippen LogP contribution < -0.4 is 10.1 Å². The zero-order chi connectivity index (χ0) is 14.3. The van der Waals surface area contributed by atoms with Crippen LogP contribution in [-0.4, -0.2) is 38.2 Å². The van der Waals surface area contributed by atoms with Crippen molar-refractivity contribution in [1.29, 1.82) is 0 Å². The fraction of sp³-hybridized carbons (Fsp3) is 0.600. The van der Waals surface area contributed by atoms with Gasteiger partial charge in [0, 0.05) is 6.54 Å². The second kappa shape index (κ2) is 8.41. The van der Waals surface area contributed by atoms with E-state index in [4.69, 9.17) is 16.3 Å². The molecule has 0 unspecified atom stereocenters. The summed E-state index contributed by atoms with van der Waals surface area (Å²) in [6.45, 7) is 6.96. The molecule has 0 spiro atoms. The summed E-state index contributed by atoms with van der Waals surface area (Å²) in [7, 11) is 4.18. The third-order valence-electron chi connectivity index (χ3n) is 2.65. The molecule has 19 heavy (non-hydrogen) atoms. The summed E-state index contributed by atoms with van der Waals surface area (Å²) in [5, 5.41) is 4.10. The van der Waals surface area contributed by atoms with Crippen LogP contribution in [0.5, 0.6) is 5.75 Å². The van der Waals surface area contributed by atoms with E-state index in [-0.39, 0.29) is 6.10 Å². The Bertz CT molecular complexity index is 380. The fourth-order valence-electron chi connectivity index (χ4n) is 1.76. The third-order valence-corrected chi connectivity index (χ3v) is 2.94. The van der Waals surface area contributed by atoms with E-state index in [9.17, 15) is 0 Å². The van der Waals surface area contributed by atoms with Crippen LogP contribution in [0.1, 0.15) is 25.8 Å². The number of halogens is 1. The van der Waals surface area contributed by atoms with Gasteiger partial charge in [0.2, 0.25) is 0 Å². The van der Waals surface area contributed by atoms with Crippen LogP contribution >= 0.6 is 11.6 Å². The van der Waals surface area contributed by atoms with E-state index in [1.54, 1.807) is 0 Å². The van der Waals surface area contributed by atoms with Gasteiger partial charge in [-0.25, -0.2) is 0 Å². The average molecular weight is 285 g/mol. The predicted octanol–water partition coefficient (Wildman–Crippen LogP) is 3.17. The molecule has 1 aromatic rings. The van der Waals surface area contributed by atoms with Crippen molar-refractivity contribution >= 4 is 11.6 Å². The molecule has 0 amide bonds. The van der Waals surface area contributed by atoms with Gasteiger partial charge in [0.15, 0.2) is 0 Å². The summed E-state index contributed by atoms with van der Waals surface area (Å²) in [4.78, 5) is 2.19. The van der Waals surface area contributed by atoms with E-state index in [0.29, 0.717) is 5.02 Å². The zero-order valence-electron chi connectivity index (χ0n) is 12.4. The molecule has 0 bridgehead atoms. The van der Waals surface area contributed by atoms with Gasteiger partial charge in [-0.15, -0.1) is 0 Å². The minimum absolute atomic E-state index is 0.146. The summed E-state index contributed by atoms with van der Waals surface area (Å²) in [6.07, 6.45) is 1.29. The van der Waals surface area contributed by atoms with Crippen LogP contribution in [0, 0.1) is 0 Å². The molecular formula is C15H25ClN2O. The summed E-state index contributed by atoms with van der Waals surface area (Å²) in [6, 6.07) is 5.97. The predicted molar refractivity (Wildman–Crippen MR) is 82.1 cm³/mol. The molecule has 1 aromatic carbocycles. The van der Waals surface area contributed by atoms with Crippen molar-refractivity contribution in [1.82, 2.24) is 10.2 Å². The van der Waals surface area contributed by atoms with Crippen molar-refractivity contribution in [3.8, 4) is 5.75 Å². The van der Waals surface area contributed by atoms with Gasteiger partial charge in [0.1, 0.15) is 5.75 Å². The maximum absolute atomic E-state index is 6.20. The Kier molecular flexibility index (Phi) is 7.21. The number of benzene rings is 1. The van der Waals surface area contributed by atoms with Gasteiger partial charge < -0.3 is 15.0 Å². The molecule has 0 aliphatic carbocycles. The van der Waals surface area contributed by atoms with E-state index in [0.717, 1.165) is 31.8 Å². The number of rotatable bonds is 8. The Balaban J connectivity index is 2.37. The third kappa shape index (κ3) is 6.81. The lowest BCUT2D eigenvalue weighted by Gasteiger charge is -2.13. The van der Waals surface area contributed by atoms with E-state index < -0.39 is 0 Å². The van der Waals surface area contributed by atoms with E-state index in [1.165, 1.54) is 5.56 Å². The van der Waals surface area contributed by atoms with E-state index in [2.05, 4.69) is 30.4 Å². The van der Waals surface area contributed by atoms with Crippen LogP contribution in [0.4, 0.5) is 0 Å². The van der Waals surface area contributed by atoms with Gasteiger partial charge >= 0.3 is 0 Å². The molecule has 0 atom stereocenters. The van der Waals surface area contributed by atoms with Gasteiger partial charge in [-0.05, 0) is 65.1 Å². The Morgan fingerprint density at radius 1 is 1.32 bits per heavy atom.